The van der Waals surface area contributed by atoms with Gasteiger partial charge in [0.2, 0.25) is 11.8 Å². The van der Waals surface area contributed by atoms with Crippen molar-refractivity contribution in [2.24, 2.45) is 5.41 Å². The Bertz CT molecular complexity index is 1180. The Labute approximate surface area is 197 Å². The molecule has 0 unspecified atom stereocenters. The van der Waals surface area contributed by atoms with Crippen LogP contribution in [0, 0.1) is 5.41 Å². The number of piperidine rings is 1. The Morgan fingerprint density at radius 2 is 1.74 bits per heavy atom. The van der Waals surface area contributed by atoms with Crippen LogP contribution in [0.15, 0.2) is 48.8 Å². The van der Waals surface area contributed by atoms with Crippen molar-refractivity contribution >= 4 is 17.6 Å². The molecule has 0 bridgehead atoms. The summed E-state index contributed by atoms with van der Waals surface area (Å²) in [6.45, 7) is 1.72. The molecule has 176 valence electrons. The van der Waals surface area contributed by atoms with Crippen LogP contribution in [-0.4, -0.2) is 65.7 Å². The van der Waals surface area contributed by atoms with Crippen LogP contribution in [0.1, 0.15) is 29.6 Å². The number of nitrogens with one attached hydrogen (secondary N) is 1. The molecular formula is C25H27N5O4. The molecule has 0 atom stereocenters. The number of carbonyl (C=O) groups excluding carboxylic acids is 2. The highest BCUT2D eigenvalue weighted by molar-refractivity contribution is 6.00. The van der Waals surface area contributed by atoms with Crippen LogP contribution in [0.3, 0.4) is 0 Å². The van der Waals surface area contributed by atoms with E-state index >= 15 is 0 Å². The highest BCUT2D eigenvalue weighted by Crippen LogP contribution is 2.43. The highest BCUT2D eigenvalue weighted by Gasteiger charge is 2.49. The van der Waals surface area contributed by atoms with Gasteiger partial charge in [-0.25, -0.2) is 0 Å². The predicted octanol–water partition coefficient (Wildman–Crippen LogP) is 3.15. The van der Waals surface area contributed by atoms with Crippen LogP contribution < -0.4 is 14.4 Å². The number of H-pyrrole nitrogens is 1. The van der Waals surface area contributed by atoms with Crippen LogP contribution >= 0.6 is 0 Å². The number of aromatic nitrogens is 3. The first-order valence-electron chi connectivity index (χ1n) is 11.3. The fraction of sp³-hybridized carbons (Fsp3) is 0.360. The number of hydrogen-bond acceptors (Lipinski definition) is 6. The third-order valence-electron chi connectivity index (χ3n) is 6.98. The molecule has 4 heterocycles. The number of anilines is 1. The Kier molecular flexibility index (Phi) is 5.69. The first kappa shape index (κ1) is 21.9. The van der Waals surface area contributed by atoms with Gasteiger partial charge < -0.3 is 14.4 Å². The largest absolute Gasteiger partial charge is 0.497 e. The van der Waals surface area contributed by atoms with Gasteiger partial charge in [0.15, 0.2) is 0 Å². The van der Waals surface area contributed by atoms with E-state index in [1.165, 1.54) is 0 Å². The maximum atomic E-state index is 13.5. The van der Waals surface area contributed by atoms with E-state index in [4.69, 9.17) is 9.47 Å². The average Bonchev–Trinajstić information content (AvgIpc) is 3.53. The Hall–Kier alpha value is -3.88. The molecule has 2 aromatic heterocycles. The van der Waals surface area contributed by atoms with E-state index in [-0.39, 0.29) is 11.8 Å². The molecule has 1 N–H and O–H groups in total. The van der Waals surface area contributed by atoms with Gasteiger partial charge in [-0.2, -0.15) is 10.1 Å². The second-order valence-corrected chi connectivity index (χ2v) is 8.72. The van der Waals surface area contributed by atoms with Crippen molar-refractivity contribution in [3.8, 4) is 22.8 Å². The number of pyridine rings is 1. The first-order valence-corrected chi connectivity index (χ1v) is 11.3. The van der Waals surface area contributed by atoms with Crippen molar-refractivity contribution in [2.75, 3.05) is 38.8 Å². The van der Waals surface area contributed by atoms with Crippen molar-refractivity contribution in [1.29, 1.82) is 0 Å². The Balaban J connectivity index is 1.28. The minimum Gasteiger partial charge on any atom is -0.497 e. The number of amides is 2. The molecule has 1 spiro atoms. The average molecular weight is 462 g/mol. The summed E-state index contributed by atoms with van der Waals surface area (Å²) in [4.78, 5) is 34.7. The van der Waals surface area contributed by atoms with Crippen LogP contribution in [0.25, 0.3) is 11.1 Å². The second-order valence-electron chi connectivity index (χ2n) is 8.72. The van der Waals surface area contributed by atoms with Gasteiger partial charge in [0.05, 0.1) is 25.8 Å². The van der Waals surface area contributed by atoms with Crippen molar-refractivity contribution in [2.45, 2.75) is 19.3 Å². The van der Waals surface area contributed by atoms with Gasteiger partial charge in [-0.1, -0.05) is 0 Å². The van der Waals surface area contributed by atoms with Crippen molar-refractivity contribution in [3.05, 3.63) is 54.4 Å². The molecule has 0 saturated carbocycles. The molecule has 5 rings (SSSR count). The Morgan fingerprint density at radius 3 is 2.38 bits per heavy atom. The topological polar surface area (TPSA) is 101 Å². The molecule has 9 nitrogen and oxygen atoms in total. The van der Waals surface area contributed by atoms with Crippen LogP contribution in [0.4, 0.5) is 5.82 Å². The van der Waals surface area contributed by atoms with E-state index in [1.54, 1.807) is 55.8 Å². The lowest BCUT2D eigenvalue weighted by atomic mass is 9.77. The fourth-order valence-electron chi connectivity index (χ4n) is 4.91. The maximum absolute atomic E-state index is 13.5. The normalized spacial score (nSPS) is 17.3. The zero-order valence-corrected chi connectivity index (χ0v) is 19.3. The van der Waals surface area contributed by atoms with E-state index in [2.05, 4.69) is 15.2 Å². The number of carbonyl (C=O) groups is 2. The van der Waals surface area contributed by atoms with Gasteiger partial charge >= 0.3 is 0 Å². The Morgan fingerprint density at radius 1 is 1.00 bits per heavy atom. The van der Waals surface area contributed by atoms with Crippen molar-refractivity contribution < 1.29 is 19.1 Å². The first-order chi connectivity index (χ1) is 16.5. The summed E-state index contributed by atoms with van der Waals surface area (Å²) < 4.78 is 10.7. The third kappa shape index (κ3) is 3.76. The summed E-state index contributed by atoms with van der Waals surface area (Å²) >= 11 is 0. The molecule has 2 saturated heterocycles. The lowest BCUT2D eigenvalue weighted by Gasteiger charge is -2.38. The summed E-state index contributed by atoms with van der Waals surface area (Å²) in [5.41, 5.74) is 1.86. The fourth-order valence-corrected chi connectivity index (χ4v) is 4.91. The van der Waals surface area contributed by atoms with Crippen molar-refractivity contribution in [3.63, 3.8) is 0 Å². The lowest BCUT2D eigenvalue weighted by Crippen LogP contribution is -2.46. The van der Waals surface area contributed by atoms with E-state index in [0.29, 0.717) is 55.5 Å². The molecule has 2 aliphatic heterocycles. The molecular weight excluding hydrogens is 434 g/mol. The molecule has 34 heavy (non-hydrogen) atoms. The number of hydrogen-bond donors (Lipinski definition) is 1. The number of nitrogens with zero attached hydrogens (tertiary/aromatic N) is 4. The standard InChI is InChI=1S/C25H27N5O4/c1-33-19-5-3-17(4-6-19)23(31)29-12-9-25(10-13-29)11-14-30(24(25)32)21-8-7-20(22(28-21)34-2)18-15-26-27-16-18/h3-8,15-16H,9-14H2,1-2H3,(H,26,27). The van der Waals surface area contributed by atoms with Gasteiger partial charge in [0.25, 0.3) is 5.91 Å². The SMILES string of the molecule is COc1ccc(C(=O)N2CCC3(CC2)CCN(c2ccc(-c4cn[nH]c4)c(OC)n2)C3=O)cc1. The van der Waals surface area contributed by atoms with E-state index in [1.807, 2.05) is 17.0 Å². The molecule has 2 aliphatic rings. The van der Waals surface area contributed by atoms with E-state index in [0.717, 1.165) is 17.5 Å². The third-order valence-corrected chi connectivity index (χ3v) is 6.98. The minimum atomic E-state index is -0.450. The molecule has 0 aliphatic carbocycles. The number of rotatable bonds is 5. The quantitative estimate of drug-likeness (QED) is 0.627. The van der Waals surface area contributed by atoms with Gasteiger partial charge in [-0.3, -0.25) is 19.6 Å². The maximum Gasteiger partial charge on any atom is 0.253 e. The summed E-state index contributed by atoms with van der Waals surface area (Å²) in [5.74, 6) is 1.82. The second kappa shape index (κ2) is 8.81. The zero-order valence-electron chi connectivity index (χ0n) is 19.3. The van der Waals surface area contributed by atoms with Crippen LogP contribution in [-0.2, 0) is 4.79 Å². The molecule has 9 heteroatoms. The minimum absolute atomic E-state index is 0.0129. The van der Waals surface area contributed by atoms with Gasteiger partial charge in [0.1, 0.15) is 11.6 Å². The summed E-state index contributed by atoms with van der Waals surface area (Å²) in [6, 6.07) is 10.9. The highest BCUT2D eigenvalue weighted by atomic mass is 16.5. The smallest absolute Gasteiger partial charge is 0.253 e. The van der Waals surface area contributed by atoms with E-state index < -0.39 is 5.41 Å². The number of aromatic amines is 1. The van der Waals surface area contributed by atoms with Crippen LogP contribution in [0.2, 0.25) is 0 Å². The van der Waals surface area contributed by atoms with Crippen LogP contribution in [0.5, 0.6) is 11.6 Å². The lowest BCUT2D eigenvalue weighted by molar-refractivity contribution is -0.127. The van der Waals surface area contributed by atoms with E-state index in [9.17, 15) is 9.59 Å². The van der Waals surface area contributed by atoms with Gasteiger partial charge in [0, 0.05) is 42.5 Å². The summed E-state index contributed by atoms with van der Waals surface area (Å²) in [6.07, 6.45) is 5.53. The number of methoxy groups -OCH3 is 2. The number of likely N-dealkylation sites (tertiary alicyclic amines) is 1. The van der Waals surface area contributed by atoms with Crippen molar-refractivity contribution in [1.82, 2.24) is 20.1 Å². The summed E-state index contributed by atoms with van der Waals surface area (Å²) in [7, 11) is 3.17. The predicted molar refractivity (Wildman–Crippen MR) is 126 cm³/mol. The number of benzene rings is 1. The van der Waals surface area contributed by atoms with Gasteiger partial charge in [-0.15, -0.1) is 0 Å². The molecule has 2 fully saturated rings. The molecule has 2 amide bonds. The summed E-state index contributed by atoms with van der Waals surface area (Å²) in [5, 5.41) is 6.77. The molecule has 3 aromatic rings. The molecule has 0 radical (unpaired) electrons. The zero-order chi connectivity index (χ0) is 23.7. The number of ether oxygens (including phenoxy) is 2. The monoisotopic (exact) mass is 461 g/mol. The molecule has 1 aromatic carbocycles. The van der Waals surface area contributed by atoms with Gasteiger partial charge in [-0.05, 0) is 55.7 Å².